The highest BCUT2D eigenvalue weighted by molar-refractivity contribution is 5.76. The molecule has 0 aromatic rings. The highest BCUT2D eigenvalue weighted by Gasteiger charge is 2.17. The minimum absolute atomic E-state index is 0.144. The van der Waals surface area contributed by atoms with E-state index < -0.39 is 12.1 Å². The van der Waals surface area contributed by atoms with E-state index in [-0.39, 0.29) is 12.5 Å². The molecule has 0 saturated carbocycles. The highest BCUT2D eigenvalue weighted by Crippen LogP contribution is 2.04. The highest BCUT2D eigenvalue weighted by atomic mass is 16.3. The standard InChI is InChI=1S/C36H57NO3/c1-3-5-7-9-11-13-15-16-17-18-19-20-22-24-26-28-30-32-36(40)37-34(33-38)35(39)31-29-27-25-23-21-14-12-10-8-6-4-2/h5,7-8,10-11,13,16-17,19-21,23-24,26,29,31,34-35,38-39H,3-4,6,9,12,14-15,18,22,25,27-28,30,32-33H2,1-2H3,(H,37,40)/b7-5-,10-8+,13-11-,17-16-,20-19-,23-21+,26-24-,31-29+. The lowest BCUT2D eigenvalue weighted by atomic mass is 10.1. The number of aliphatic hydroxyl groups excluding tert-OH is 2. The summed E-state index contributed by atoms with van der Waals surface area (Å²) in [7, 11) is 0. The van der Waals surface area contributed by atoms with Gasteiger partial charge in [0, 0.05) is 6.42 Å². The summed E-state index contributed by atoms with van der Waals surface area (Å²) in [6.07, 6.45) is 46.3. The Morgan fingerprint density at radius 1 is 0.625 bits per heavy atom. The molecule has 0 aromatic heterocycles. The molecule has 2 unspecified atom stereocenters. The van der Waals surface area contributed by atoms with E-state index >= 15 is 0 Å². The fourth-order valence-electron chi connectivity index (χ4n) is 3.66. The van der Waals surface area contributed by atoms with Crippen molar-refractivity contribution in [3.05, 3.63) is 97.2 Å². The van der Waals surface area contributed by atoms with Crippen LogP contribution in [0.3, 0.4) is 0 Å². The third-order valence-electron chi connectivity index (χ3n) is 6.01. The Balaban J connectivity index is 3.92. The van der Waals surface area contributed by atoms with Gasteiger partial charge in [0.1, 0.15) is 0 Å². The zero-order valence-electron chi connectivity index (χ0n) is 25.3. The molecule has 0 aliphatic rings. The molecule has 0 aliphatic carbocycles. The van der Waals surface area contributed by atoms with Crippen LogP contribution in [0.2, 0.25) is 0 Å². The third kappa shape index (κ3) is 26.9. The largest absolute Gasteiger partial charge is 0.394 e. The minimum atomic E-state index is -0.896. The van der Waals surface area contributed by atoms with Crippen LogP contribution in [0.1, 0.15) is 104 Å². The number of hydrogen-bond donors (Lipinski definition) is 3. The van der Waals surface area contributed by atoms with Crippen molar-refractivity contribution < 1.29 is 15.0 Å². The van der Waals surface area contributed by atoms with E-state index in [1.165, 1.54) is 6.42 Å². The van der Waals surface area contributed by atoms with Gasteiger partial charge in [0.25, 0.3) is 0 Å². The Labute approximate surface area is 245 Å². The van der Waals surface area contributed by atoms with Crippen LogP contribution in [-0.2, 0) is 4.79 Å². The normalized spacial score (nSPS) is 14.6. The molecule has 0 saturated heterocycles. The number of aliphatic hydroxyl groups is 2. The average Bonchev–Trinajstić information content (AvgIpc) is 2.96. The molecule has 4 heteroatoms. The van der Waals surface area contributed by atoms with Gasteiger partial charge < -0.3 is 15.5 Å². The minimum Gasteiger partial charge on any atom is -0.394 e. The molecule has 1 amide bonds. The van der Waals surface area contributed by atoms with Crippen LogP contribution >= 0.6 is 0 Å². The molecule has 224 valence electrons. The Kier molecular flexibility index (Phi) is 28.8. The van der Waals surface area contributed by atoms with Crippen molar-refractivity contribution in [3.63, 3.8) is 0 Å². The molecular formula is C36H57NO3. The summed E-state index contributed by atoms with van der Waals surface area (Å²) < 4.78 is 0. The average molecular weight is 552 g/mol. The summed E-state index contributed by atoms with van der Waals surface area (Å²) in [6, 6.07) is -0.678. The van der Waals surface area contributed by atoms with Crippen LogP contribution in [0.25, 0.3) is 0 Å². The first kappa shape index (κ1) is 37.3. The van der Waals surface area contributed by atoms with Gasteiger partial charge in [0.05, 0.1) is 18.8 Å². The van der Waals surface area contributed by atoms with E-state index in [0.29, 0.717) is 6.42 Å². The smallest absolute Gasteiger partial charge is 0.220 e. The third-order valence-corrected chi connectivity index (χ3v) is 6.01. The maximum absolute atomic E-state index is 12.2. The molecule has 0 fully saturated rings. The SMILES string of the molecule is CC/C=C\C/C=C\C/C=C\C/C=C\C/C=C\CCCC(=O)NC(CO)C(O)/C=C/CC/C=C/CC/C=C/CCC. The molecule has 2 atom stereocenters. The number of allylic oxidation sites excluding steroid dienone is 15. The van der Waals surface area contributed by atoms with Crippen LogP contribution in [0.4, 0.5) is 0 Å². The fraction of sp³-hybridized carbons (Fsp3) is 0.528. The second-order valence-corrected chi connectivity index (χ2v) is 9.76. The van der Waals surface area contributed by atoms with Crippen molar-refractivity contribution in [2.45, 2.75) is 116 Å². The summed E-state index contributed by atoms with van der Waals surface area (Å²) >= 11 is 0. The first-order valence-corrected chi connectivity index (χ1v) is 15.5. The zero-order valence-corrected chi connectivity index (χ0v) is 25.3. The molecule has 40 heavy (non-hydrogen) atoms. The first-order chi connectivity index (χ1) is 19.7. The van der Waals surface area contributed by atoms with Gasteiger partial charge in [0.2, 0.25) is 5.91 Å². The number of carbonyl (C=O) groups is 1. The van der Waals surface area contributed by atoms with Crippen LogP contribution in [-0.4, -0.2) is 34.9 Å². The lowest BCUT2D eigenvalue weighted by molar-refractivity contribution is -0.122. The summed E-state index contributed by atoms with van der Waals surface area (Å²) in [5.74, 6) is -0.144. The van der Waals surface area contributed by atoms with E-state index in [2.05, 4.69) is 104 Å². The van der Waals surface area contributed by atoms with Crippen LogP contribution in [0, 0.1) is 0 Å². The van der Waals surface area contributed by atoms with Gasteiger partial charge in [0.15, 0.2) is 0 Å². The van der Waals surface area contributed by atoms with E-state index in [0.717, 1.165) is 77.0 Å². The molecule has 0 radical (unpaired) electrons. The zero-order chi connectivity index (χ0) is 29.4. The van der Waals surface area contributed by atoms with E-state index in [1.807, 2.05) is 6.08 Å². The molecule has 0 aliphatic heterocycles. The molecule has 4 nitrogen and oxygen atoms in total. The molecule has 0 rings (SSSR count). The van der Waals surface area contributed by atoms with E-state index in [4.69, 9.17) is 0 Å². The molecular weight excluding hydrogens is 494 g/mol. The summed E-state index contributed by atoms with van der Waals surface area (Å²) in [5, 5.41) is 22.6. The van der Waals surface area contributed by atoms with Crippen molar-refractivity contribution >= 4 is 5.91 Å². The molecule has 0 aromatic carbocycles. The Bertz CT molecular complexity index is 814. The number of hydrogen-bond acceptors (Lipinski definition) is 3. The number of amides is 1. The van der Waals surface area contributed by atoms with Gasteiger partial charge in [-0.3, -0.25) is 4.79 Å². The number of carbonyl (C=O) groups excluding carboxylic acids is 1. The van der Waals surface area contributed by atoms with Gasteiger partial charge in [-0.25, -0.2) is 0 Å². The molecule has 0 bridgehead atoms. The Morgan fingerprint density at radius 3 is 1.57 bits per heavy atom. The summed E-state index contributed by atoms with van der Waals surface area (Å²) in [6.45, 7) is 4.03. The van der Waals surface area contributed by atoms with Crippen molar-refractivity contribution in [2.24, 2.45) is 0 Å². The van der Waals surface area contributed by atoms with Gasteiger partial charge in [-0.05, 0) is 77.0 Å². The predicted molar refractivity (Wildman–Crippen MR) is 174 cm³/mol. The topological polar surface area (TPSA) is 69.6 Å². The number of unbranched alkanes of at least 4 members (excludes halogenated alkanes) is 4. The van der Waals surface area contributed by atoms with Gasteiger partial charge in [-0.15, -0.1) is 0 Å². The fourth-order valence-corrected chi connectivity index (χ4v) is 3.66. The van der Waals surface area contributed by atoms with E-state index in [1.54, 1.807) is 6.08 Å². The van der Waals surface area contributed by atoms with Crippen LogP contribution in [0.15, 0.2) is 97.2 Å². The second kappa shape index (κ2) is 30.8. The van der Waals surface area contributed by atoms with Crippen LogP contribution < -0.4 is 5.32 Å². The van der Waals surface area contributed by atoms with Gasteiger partial charge >= 0.3 is 0 Å². The Morgan fingerprint density at radius 2 is 1.07 bits per heavy atom. The Hall–Kier alpha value is -2.69. The van der Waals surface area contributed by atoms with Crippen molar-refractivity contribution in [1.29, 1.82) is 0 Å². The lowest BCUT2D eigenvalue weighted by Gasteiger charge is -2.19. The van der Waals surface area contributed by atoms with Gasteiger partial charge in [-0.2, -0.15) is 0 Å². The second-order valence-electron chi connectivity index (χ2n) is 9.76. The monoisotopic (exact) mass is 551 g/mol. The lowest BCUT2D eigenvalue weighted by Crippen LogP contribution is -2.45. The molecule has 0 spiro atoms. The predicted octanol–water partition coefficient (Wildman–Crippen LogP) is 8.78. The molecule has 3 N–H and O–H groups in total. The van der Waals surface area contributed by atoms with Crippen LogP contribution in [0.5, 0.6) is 0 Å². The number of rotatable bonds is 25. The van der Waals surface area contributed by atoms with E-state index in [9.17, 15) is 15.0 Å². The quantitative estimate of drug-likeness (QED) is 0.0784. The first-order valence-electron chi connectivity index (χ1n) is 15.5. The van der Waals surface area contributed by atoms with Crippen molar-refractivity contribution in [3.8, 4) is 0 Å². The maximum atomic E-state index is 12.2. The maximum Gasteiger partial charge on any atom is 0.220 e. The summed E-state index contributed by atoms with van der Waals surface area (Å²) in [4.78, 5) is 12.2. The van der Waals surface area contributed by atoms with Gasteiger partial charge in [-0.1, -0.05) is 117 Å². The molecule has 0 heterocycles. The summed E-state index contributed by atoms with van der Waals surface area (Å²) in [5.41, 5.74) is 0. The number of nitrogens with one attached hydrogen (secondary N) is 1. The van der Waals surface area contributed by atoms with Crippen molar-refractivity contribution in [2.75, 3.05) is 6.61 Å². The van der Waals surface area contributed by atoms with Crippen molar-refractivity contribution in [1.82, 2.24) is 5.32 Å².